The van der Waals surface area contributed by atoms with E-state index in [4.69, 9.17) is 24.2 Å². The summed E-state index contributed by atoms with van der Waals surface area (Å²) in [5.41, 5.74) is 0. The number of ether oxygens (including phenoxy) is 2. The average molecular weight is 254 g/mol. The van der Waals surface area contributed by atoms with Gasteiger partial charge in [0.25, 0.3) is 0 Å². The van der Waals surface area contributed by atoms with Crippen LogP contribution in [-0.2, 0) is 0 Å². The summed E-state index contributed by atoms with van der Waals surface area (Å²) in [6.45, 7) is 0. The number of thiophene rings is 1. The molecule has 0 spiro atoms. The monoisotopic (exact) mass is 254 g/mol. The molecule has 0 aliphatic carbocycles. The van der Waals surface area contributed by atoms with Gasteiger partial charge in [-0.3, -0.25) is 0 Å². The van der Waals surface area contributed by atoms with Gasteiger partial charge in [-0.15, -0.1) is 0 Å². The first kappa shape index (κ1) is 12.0. The molecule has 1 aromatic carbocycles. The quantitative estimate of drug-likeness (QED) is 0.804. The van der Waals surface area contributed by atoms with Gasteiger partial charge in [-0.1, -0.05) is 11.3 Å². The third-order valence-corrected chi connectivity index (χ3v) is 3.27. The maximum Gasteiger partial charge on any atom is 0.708 e. The molecule has 0 atom stereocenters. The van der Waals surface area contributed by atoms with E-state index >= 15 is 0 Å². The van der Waals surface area contributed by atoms with E-state index in [-0.39, 0.29) is 0 Å². The van der Waals surface area contributed by atoms with E-state index in [2.05, 4.69) is 0 Å². The largest absolute Gasteiger partial charge is 0.708 e. The summed E-state index contributed by atoms with van der Waals surface area (Å²) in [5, 5.41) is 18.8. The predicted octanol–water partition coefficient (Wildman–Crippen LogP) is 1.27. The highest BCUT2D eigenvalue weighted by atomic mass is 32.1. The average Bonchev–Trinajstić information content (AvgIpc) is 2.68. The molecule has 0 unspecified atom stereocenters. The molecular formula is C10H11BO5S. The van der Waals surface area contributed by atoms with E-state index < -0.39 is 7.32 Å². The Kier molecular flexibility index (Phi) is 3.42. The Bertz CT molecular complexity index is 525. The van der Waals surface area contributed by atoms with E-state index in [1.807, 2.05) is 6.07 Å². The number of rotatable bonds is 4. The molecule has 0 saturated heterocycles. The molecule has 17 heavy (non-hydrogen) atoms. The fourth-order valence-electron chi connectivity index (χ4n) is 1.50. The second-order valence-electron chi connectivity index (χ2n) is 3.26. The first-order valence-electron chi connectivity index (χ1n) is 4.82. The van der Waals surface area contributed by atoms with Crippen LogP contribution in [-0.4, -0.2) is 31.6 Å². The maximum atomic E-state index is 8.74. The van der Waals surface area contributed by atoms with Gasteiger partial charge in [-0.25, -0.2) is 0 Å². The zero-order valence-electron chi connectivity index (χ0n) is 9.34. The zero-order valence-corrected chi connectivity index (χ0v) is 10.2. The van der Waals surface area contributed by atoms with E-state index in [1.165, 1.54) is 11.3 Å². The molecule has 2 rings (SSSR count). The Balaban J connectivity index is 2.50. The standard InChI is InChI=1S/C10H11BO5S/c1-14-7-3-6-4-9(16-11(12)13)17-10(6)8(5-7)15-2/h3-5,12-13H,1-2H3. The summed E-state index contributed by atoms with van der Waals surface area (Å²) >= 11 is 1.27. The number of fused-ring (bicyclic) bond motifs is 1. The molecule has 0 fully saturated rings. The molecule has 0 aliphatic heterocycles. The Morgan fingerprint density at radius 3 is 2.47 bits per heavy atom. The second-order valence-corrected chi connectivity index (χ2v) is 4.27. The molecule has 90 valence electrons. The molecule has 2 aromatic rings. The van der Waals surface area contributed by atoms with Gasteiger partial charge < -0.3 is 24.2 Å². The normalized spacial score (nSPS) is 10.4. The Hall–Kier alpha value is -1.44. The van der Waals surface area contributed by atoms with E-state index in [1.54, 1.807) is 26.4 Å². The summed E-state index contributed by atoms with van der Waals surface area (Å²) in [5.74, 6) is 1.33. The van der Waals surface area contributed by atoms with E-state index in [0.717, 1.165) is 10.1 Å². The molecule has 1 heterocycles. The van der Waals surface area contributed by atoms with Crippen LogP contribution < -0.4 is 14.1 Å². The number of benzene rings is 1. The molecule has 0 amide bonds. The van der Waals surface area contributed by atoms with Gasteiger partial charge in [0.1, 0.15) is 11.5 Å². The minimum Gasteiger partial charge on any atom is -0.504 e. The molecule has 0 radical (unpaired) electrons. The molecule has 1 aromatic heterocycles. The highest BCUT2D eigenvalue weighted by Crippen LogP contribution is 2.40. The molecule has 7 heteroatoms. The van der Waals surface area contributed by atoms with Gasteiger partial charge in [-0.2, -0.15) is 0 Å². The van der Waals surface area contributed by atoms with Crippen LogP contribution in [0.25, 0.3) is 10.1 Å². The lowest BCUT2D eigenvalue weighted by Gasteiger charge is -2.04. The lowest BCUT2D eigenvalue weighted by Crippen LogP contribution is -2.19. The topological polar surface area (TPSA) is 68.2 Å². The lowest BCUT2D eigenvalue weighted by atomic mass is 10.2. The smallest absolute Gasteiger partial charge is 0.504 e. The summed E-state index contributed by atoms with van der Waals surface area (Å²) in [7, 11) is 1.31. The predicted molar refractivity (Wildman–Crippen MR) is 65.7 cm³/mol. The number of hydrogen-bond donors (Lipinski definition) is 2. The fourth-order valence-corrected chi connectivity index (χ4v) is 2.50. The van der Waals surface area contributed by atoms with Crippen LogP contribution in [0.5, 0.6) is 16.6 Å². The number of hydrogen-bond acceptors (Lipinski definition) is 6. The van der Waals surface area contributed by atoms with Crippen LogP contribution in [0, 0.1) is 0 Å². The van der Waals surface area contributed by atoms with Crippen molar-refractivity contribution in [2.75, 3.05) is 14.2 Å². The first-order valence-corrected chi connectivity index (χ1v) is 5.64. The minimum absolute atomic E-state index is 0.404. The van der Waals surface area contributed by atoms with Crippen molar-refractivity contribution in [1.29, 1.82) is 0 Å². The molecule has 0 bridgehead atoms. The molecule has 2 N–H and O–H groups in total. The van der Waals surface area contributed by atoms with Crippen molar-refractivity contribution < 1.29 is 24.2 Å². The minimum atomic E-state index is -1.82. The number of methoxy groups -OCH3 is 2. The highest BCUT2D eigenvalue weighted by molar-refractivity contribution is 7.21. The van der Waals surface area contributed by atoms with E-state index in [0.29, 0.717) is 16.6 Å². The van der Waals surface area contributed by atoms with Crippen molar-refractivity contribution in [3.63, 3.8) is 0 Å². The van der Waals surface area contributed by atoms with E-state index in [9.17, 15) is 0 Å². The van der Waals surface area contributed by atoms with Gasteiger partial charge >= 0.3 is 7.32 Å². The van der Waals surface area contributed by atoms with Crippen molar-refractivity contribution in [1.82, 2.24) is 0 Å². The summed E-state index contributed by atoms with van der Waals surface area (Å²) < 4.78 is 16.0. The molecule has 5 nitrogen and oxygen atoms in total. The highest BCUT2D eigenvalue weighted by Gasteiger charge is 2.15. The zero-order chi connectivity index (χ0) is 12.4. The van der Waals surface area contributed by atoms with Crippen LogP contribution >= 0.6 is 11.3 Å². The fraction of sp³-hybridized carbons (Fsp3) is 0.200. The third-order valence-electron chi connectivity index (χ3n) is 2.21. The van der Waals surface area contributed by atoms with Crippen LogP contribution in [0.2, 0.25) is 0 Å². The van der Waals surface area contributed by atoms with Crippen LogP contribution in [0.4, 0.5) is 0 Å². The SMILES string of the molecule is COc1cc(OC)c2sc(OB(O)O)cc2c1. The Morgan fingerprint density at radius 2 is 1.88 bits per heavy atom. The third kappa shape index (κ3) is 2.46. The van der Waals surface area contributed by atoms with Crippen LogP contribution in [0.1, 0.15) is 0 Å². The van der Waals surface area contributed by atoms with Crippen molar-refractivity contribution in [3.8, 4) is 16.6 Å². The van der Waals surface area contributed by atoms with Crippen LogP contribution in [0.15, 0.2) is 18.2 Å². The van der Waals surface area contributed by atoms with Gasteiger partial charge in [0, 0.05) is 11.5 Å². The van der Waals surface area contributed by atoms with Gasteiger partial charge in [0.05, 0.1) is 18.9 Å². The van der Waals surface area contributed by atoms with Crippen molar-refractivity contribution in [2.45, 2.75) is 0 Å². The first-order chi connectivity index (χ1) is 8.13. The lowest BCUT2D eigenvalue weighted by molar-refractivity contribution is 0.292. The summed E-state index contributed by atoms with van der Waals surface area (Å²) in [6, 6.07) is 5.29. The maximum absolute atomic E-state index is 8.74. The molecule has 0 saturated carbocycles. The molecule has 0 aliphatic rings. The van der Waals surface area contributed by atoms with Crippen molar-refractivity contribution in [3.05, 3.63) is 18.2 Å². The Labute approximate surface area is 102 Å². The van der Waals surface area contributed by atoms with Gasteiger partial charge in [0.2, 0.25) is 0 Å². The van der Waals surface area contributed by atoms with Crippen molar-refractivity contribution >= 4 is 28.7 Å². The second kappa shape index (κ2) is 4.83. The Morgan fingerprint density at radius 1 is 1.12 bits per heavy atom. The molecular weight excluding hydrogens is 243 g/mol. The summed E-state index contributed by atoms with van der Waals surface area (Å²) in [6.07, 6.45) is 0. The van der Waals surface area contributed by atoms with Gasteiger partial charge in [-0.05, 0) is 12.1 Å². The van der Waals surface area contributed by atoms with Gasteiger partial charge in [0.15, 0.2) is 5.06 Å². The van der Waals surface area contributed by atoms with Crippen LogP contribution in [0.3, 0.4) is 0 Å². The summed E-state index contributed by atoms with van der Waals surface area (Å²) in [4.78, 5) is 0. The van der Waals surface area contributed by atoms with Crippen molar-refractivity contribution in [2.24, 2.45) is 0 Å².